The highest BCUT2D eigenvalue weighted by Gasteiger charge is 2.11. The van der Waals surface area contributed by atoms with E-state index in [1.54, 1.807) is 11.8 Å². The number of para-hydroxylation sites is 2. The Morgan fingerprint density at radius 3 is 2.92 bits per heavy atom. The molecule has 0 radical (unpaired) electrons. The molecule has 9 heteroatoms. The van der Waals surface area contributed by atoms with Crippen LogP contribution in [0.1, 0.15) is 13.3 Å². The maximum Gasteiger partial charge on any atom is 0.234 e. The van der Waals surface area contributed by atoms with E-state index in [0.29, 0.717) is 28.8 Å². The summed E-state index contributed by atoms with van der Waals surface area (Å²) in [5.41, 5.74) is 0.827. The van der Waals surface area contributed by atoms with Crippen LogP contribution in [-0.4, -0.2) is 47.8 Å². The van der Waals surface area contributed by atoms with Gasteiger partial charge in [-0.05, 0) is 37.8 Å². The van der Waals surface area contributed by atoms with Crippen LogP contribution >= 0.6 is 23.6 Å². The lowest BCUT2D eigenvalue weighted by Crippen LogP contribution is -2.36. The first-order valence-corrected chi connectivity index (χ1v) is 9.19. The highest BCUT2D eigenvalue weighted by atomic mass is 32.1. The van der Waals surface area contributed by atoms with Gasteiger partial charge in [-0.2, -0.15) is 0 Å². The Balaban J connectivity index is 2.00. The van der Waals surface area contributed by atoms with Crippen LogP contribution in [0.15, 0.2) is 24.3 Å². The molecule has 1 amide bonds. The van der Waals surface area contributed by atoms with Crippen molar-refractivity contribution in [2.24, 2.45) is 0 Å². The standard InChI is InChI=1S/C16H23N5O2S2/c1-4-9-17-14(22)10-20(2)11-21-16(24)25-15(19-21)18-12-7-5-6-8-13(12)23-3/h5-8H,4,9-11H2,1-3H3,(H,17,22)(H,18,19). The number of carbonyl (C=O) groups is 1. The average molecular weight is 382 g/mol. The van der Waals surface area contributed by atoms with Crippen molar-refractivity contribution < 1.29 is 9.53 Å². The minimum absolute atomic E-state index is 0.00142. The molecule has 1 aromatic heterocycles. The molecule has 0 atom stereocenters. The van der Waals surface area contributed by atoms with Gasteiger partial charge in [0.1, 0.15) is 5.75 Å². The topological polar surface area (TPSA) is 71.4 Å². The highest BCUT2D eigenvalue weighted by molar-refractivity contribution is 7.73. The van der Waals surface area contributed by atoms with E-state index in [4.69, 9.17) is 17.0 Å². The maximum absolute atomic E-state index is 11.8. The van der Waals surface area contributed by atoms with Crippen molar-refractivity contribution in [1.29, 1.82) is 0 Å². The first-order valence-electron chi connectivity index (χ1n) is 7.96. The zero-order chi connectivity index (χ0) is 18.2. The molecule has 136 valence electrons. The van der Waals surface area contributed by atoms with Crippen LogP contribution in [-0.2, 0) is 11.5 Å². The van der Waals surface area contributed by atoms with Crippen molar-refractivity contribution in [3.05, 3.63) is 28.2 Å². The Hall–Kier alpha value is -1.97. The lowest BCUT2D eigenvalue weighted by molar-refractivity contribution is -0.122. The largest absolute Gasteiger partial charge is 0.495 e. The van der Waals surface area contributed by atoms with Crippen LogP contribution in [0.25, 0.3) is 0 Å². The fourth-order valence-corrected chi connectivity index (χ4v) is 3.16. The van der Waals surface area contributed by atoms with Gasteiger partial charge in [-0.3, -0.25) is 9.69 Å². The fraction of sp³-hybridized carbons (Fsp3) is 0.438. The molecular weight excluding hydrogens is 358 g/mol. The molecule has 7 nitrogen and oxygen atoms in total. The molecule has 25 heavy (non-hydrogen) atoms. The van der Waals surface area contributed by atoms with Crippen molar-refractivity contribution in [3.8, 4) is 5.75 Å². The Morgan fingerprint density at radius 2 is 2.20 bits per heavy atom. The third kappa shape index (κ3) is 5.80. The predicted octanol–water partition coefficient (Wildman–Crippen LogP) is 2.84. The van der Waals surface area contributed by atoms with E-state index in [1.807, 2.05) is 43.1 Å². The van der Waals surface area contributed by atoms with E-state index in [2.05, 4.69) is 15.7 Å². The van der Waals surface area contributed by atoms with Gasteiger partial charge in [0.25, 0.3) is 0 Å². The van der Waals surface area contributed by atoms with Gasteiger partial charge in [0.15, 0.2) is 3.95 Å². The third-order valence-electron chi connectivity index (χ3n) is 3.32. The number of hydrogen-bond donors (Lipinski definition) is 2. The molecule has 0 aliphatic rings. The Kier molecular flexibility index (Phi) is 7.35. The van der Waals surface area contributed by atoms with Crippen LogP contribution in [0, 0.1) is 3.95 Å². The predicted molar refractivity (Wildman–Crippen MR) is 103 cm³/mol. The van der Waals surface area contributed by atoms with Crippen molar-refractivity contribution in [3.63, 3.8) is 0 Å². The second-order valence-corrected chi connectivity index (χ2v) is 7.13. The van der Waals surface area contributed by atoms with E-state index in [9.17, 15) is 4.79 Å². The molecule has 0 unspecified atom stereocenters. The summed E-state index contributed by atoms with van der Waals surface area (Å²) in [6, 6.07) is 7.62. The number of benzene rings is 1. The number of aromatic nitrogens is 2. The molecule has 0 saturated carbocycles. The minimum Gasteiger partial charge on any atom is -0.495 e. The monoisotopic (exact) mass is 381 g/mol. The van der Waals surface area contributed by atoms with Gasteiger partial charge in [-0.15, -0.1) is 5.10 Å². The van der Waals surface area contributed by atoms with Crippen molar-refractivity contribution >= 4 is 40.3 Å². The summed E-state index contributed by atoms with van der Waals surface area (Å²) in [4.78, 5) is 13.6. The number of anilines is 2. The fourth-order valence-electron chi connectivity index (χ4n) is 2.15. The summed E-state index contributed by atoms with van der Waals surface area (Å²) in [5, 5.41) is 11.2. The van der Waals surface area contributed by atoms with Gasteiger partial charge in [-0.1, -0.05) is 30.4 Å². The lowest BCUT2D eigenvalue weighted by Gasteiger charge is -2.15. The van der Waals surface area contributed by atoms with Gasteiger partial charge in [-0.25, -0.2) is 4.68 Å². The number of carbonyl (C=O) groups excluding carboxylic acids is 1. The molecule has 1 aromatic carbocycles. The molecule has 2 rings (SSSR count). The SMILES string of the molecule is CCCNC(=O)CN(C)Cn1nc(Nc2ccccc2OC)sc1=S. The Bertz CT molecular complexity index is 759. The van der Waals surface area contributed by atoms with E-state index in [1.165, 1.54) is 11.3 Å². The molecule has 2 N–H and O–H groups in total. The lowest BCUT2D eigenvalue weighted by atomic mass is 10.3. The van der Waals surface area contributed by atoms with Crippen LogP contribution < -0.4 is 15.4 Å². The van der Waals surface area contributed by atoms with Crippen LogP contribution in [0.4, 0.5) is 10.8 Å². The van der Waals surface area contributed by atoms with Crippen molar-refractivity contribution in [2.75, 3.05) is 32.6 Å². The second kappa shape index (κ2) is 9.50. The number of hydrogen-bond acceptors (Lipinski definition) is 7. The third-order valence-corrected chi connectivity index (χ3v) is 4.54. The smallest absolute Gasteiger partial charge is 0.234 e. The molecule has 0 spiro atoms. The number of methoxy groups -OCH3 is 1. The average Bonchev–Trinajstić information content (AvgIpc) is 2.92. The summed E-state index contributed by atoms with van der Waals surface area (Å²) in [5.74, 6) is 0.735. The van der Waals surface area contributed by atoms with E-state index >= 15 is 0 Å². The number of rotatable bonds is 9. The second-order valence-electron chi connectivity index (χ2n) is 5.50. The van der Waals surface area contributed by atoms with Crippen molar-refractivity contribution in [1.82, 2.24) is 20.0 Å². The summed E-state index contributed by atoms with van der Waals surface area (Å²) in [6.07, 6.45) is 0.921. The molecule has 2 aromatic rings. The number of nitrogens with one attached hydrogen (secondary N) is 2. The summed E-state index contributed by atoms with van der Waals surface area (Å²) in [7, 11) is 3.49. The normalized spacial score (nSPS) is 10.7. The zero-order valence-corrected chi connectivity index (χ0v) is 16.2. The van der Waals surface area contributed by atoms with Crippen LogP contribution in [0.5, 0.6) is 5.75 Å². The molecule has 0 fully saturated rings. The molecule has 0 aliphatic heterocycles. The highest BCUT2D eigenvalue weighted by Crippen LogP contribution is 2.28. The van der Waals surface area contributed by atoms with E-state index in [-0.39, 0.29) is 5.91 Å². The Morgan fingerprint density at radius 1 is 1.44 bits per heavy atom. The first-order chi connectivity index (χ1) is 12.0. The maximum atomic E-state index is 11.8. The molecule has 0 bridgehead atoms. The molecule has 0 aliphatic carbocycles. The van der Waals surface area contributed by atoms with Crippen LogP contribution in [0.2, 0.25) is 0 Å². The van der Waals surface area contributed by atoms with Gasteiger partial charge in [0, 0.05) is 6.54 Å². The molecule has 1 heterocycles. The van der Waals surface area contributed by atoms with E-state index < -0.39 is 0 Å². The quantitative estimate of drug-likeness (QED) is 0.651. The molecule has 0 saturated heterocycles. The number of amides is 1. The van der Waals surface area contributed by atoms with Gasteiger partial charge < -0.3 is 15.4 Å². The van der Waals surface area contributed by atoms with Crippen molar-refractivity contribution in [2.45, 2.75) is 20.0 Å². The van der Waals surface area contributed by atoms with Crippen LogP contribution in [0.3, 0.4) is 0 Å². The van der Waals surface area contributed by atoms with Gasteiger partial charge >= 0.3 is 0 Å². The zero-order valence-electron chi connectivity index (χ0n) is 14.6. The summed E-state index contributed by atoms with van der Waals surface area (Å²) < 4.78 is 7.66. The number of likely N-dealkylation sites (N-methyl/N-ethyl adjacent to an activating group) is 1. The molecular formula is C16H23N5O2S2. The first kappa shape index (κ1) is 19.4. The summed E-state index contributed by atoms with van der Waals surface area (Å²) >= 11 is 6.75. The summed E-state index contributed by atoms with van der Waals surface area (Å²) in [6.45, 7) is 3.46. The number of nitrogens with zero attached hydrogens (tertiary/aromatic N) is 3. The van der Waals surface area contributed by atoms with Gasteiger partial charge in [0.05, 0.1) is 26.0 Å². The minimum atomic E-state index is -0.00142. The Labute approximate surface area is 156 Å². The van der Waals surface area contributed by atoms with E-state index in [0.717, 1.165) is 17.9 Å². The number of ether oxygens (including phenoxy) is 1. The van der Waals surface area contributed by atoms with Gasteiger partial charge in [0.2, 0.25) is 11.0 Å².